The van der Waals surface area contributed by atoms with Gasteiger partial charge in [-0.05, 0) is 49.9 Å². The Hall–Kier alpha value is 0.130. The first kappa shape index (κ1) is 15.1. The van der Waals surface area contributed by atoms with E-state index < -0.39 is 10.1 Å². The van der Waals surface area contributed by atoms with E-state index in [9.17, 15) is 13.0 Å². The molecule has 1 aromatic rings. The van der Waals surface area contributed by atoms with Crippen molar-refractivity contribution in [2.75, 3.05) is 0 Å². The summed E-state index contributed by atoms with van der Waals surface area (Å²) in [5.74, 6) is 0. The summed E-state index contributed by atoms with van der Waals surface area (Å²) in [6, 6.07) is 1.89. The van der Waals surface area contributed by atoms with E-state index in [1.165, 1.54) is 0 Å². The molecule has 0 unspecified atom stereocenters. The van der Waals surface area contributed by atoms with Crippen LogP contribution in [0.15, 0.2) is 11.0 Å². The molecule has 0 amide bonds. The average Bonchev–Trinajstić information content (AvgIpc) is 1.98. The Kier molecular flexibility index (Phi) is 5.02. The van der Waals surface area contributed by atoms with Gasteiger partial charge in [-0.3, -0.25) is 0 Å². The minimum atomic E-state index is -4.36. The molecule has 5 heteroatoms. The fourth-order valence-electron chi connectivity index (χ4n) is 1.56. The van der Waals surface area contributed by atoms with Crippen LogP contribution in [0, 0.1) is 27.7 Å². The van der Waals surface area contributed by atoms with Crippen molar-refractivity contribution >= 4 is 10.1 Å². The Morgan fingerprint density at radius 3 is 1.60 bits per heavy atom. The number of rotatable bonds is 1. The van der Waals surface area contributed by atoms with E-state index in [1.807, 2.05) is 6.07 Å². The van der Waals surface area contributed by atoms with Crippen molar-refractivity contribution in [3.63, 3.8) is 0 Å². The summed E-state index contributed by atoms with van der Waals surface area (Å²) in [5.41, 5.74) is 2.79. The molecule has 0 spiro atoms. The van der Waals surface area contributed by atoms with Gasteiger partial charge in [0.15, 0.2) is 0 Å². The van der Waals surface area contributed by atoms with Gasteiger partial charge in [0.1, 0.15) is 10.1 Å². The molecular weight excluding hydrogens is 223 g/mol. The third-order valence-electron chi connectivity index (χ3n) is 2.55. The monoisotopic (exact) mass is 236 g/mol. The zero-order valence-corrected chi connectivity index (χ0v) is 12.5. The largest absolute Gasteiger partial charge is 1.00 e. The van der Waals surface area contributed by atoms with Gasteiger partial charge in [-0.25, -0.2) is 8.42 Å². The second-order valence-electron chi connectivity index (χ2n) is 3.54. The molecule has 0 aliphatic carbocycles. The van der Waals surface area contributed by atoms with E-state index in [-0.39, 0.29) is 34.5 Å². The van der Waals surface area contributed by atoms with Crippen LogP contribution in [0.1, 0.15) is 22.3 Å². The first-order valence-corrected chi connectivity index (χ1v) is 5.69. The molecule has 1 rings (SSSR count). The second-order valence-corrected chi connectivity index (χ2v) is 4.86. The molecule has 0 saturated heterocycles. The molecule has 0 radical (unpaired) electrons. The molecular formula is C10H13NaO3S. The van der Waals surface area contributed by atoms with Crippen LogP contribution in [0.4, 0.5) is 0 Å². The van der Waals surface area contributed by atoms with Crippen LogP contribution in [-0.4, -0.2) is 13.0 Å². The molecule has 3 nitrogen and oxygen atoms in total. The summed E-state index contributed by atoms with van der Waals surface area (Å²) in [4.78, 5) is -0.0602. The predicted molar refractivity (Wildman–Crippen MR) is 53.4 cm³/mol. The second kappa shape index (κ2) is 4.97. The summed E-state index contributed by atoms with van der Waals surface area (Å²) >= 11 is 0. The van der Waals surface area contributed by atoms with Gasteiger partial charge in [0.25, 0.3) is 0 Å². The van der Waals surface area contributed by atoms with Crippen LogP contribution in [0.25, 0.3) is 0 Å². The molecule has 0 fully saturated rings. The van der Waals surface area contributed by atoms with Gasteiger partial charge < -0.3 is 4.55 Å². The van der Waals surface area contributed by atoms with E-state index in [1.54, 1.807) is 27.7 Å². The number of aryl methyl sites for hydroxylation is 2. The van der Waals surface area contributed by atoms with Crippen LogP contribution in [-0.2, 0) is 10.1 Å². The summed E-state index contributed by atoms with van der Waals surface area (Å²) in [5, 5.41) is 0. The van der Waals surface area contributed by atoms with Crippen LogP contribution in [0.5, 0.6) is 0 Å². The van der Waals surface area contributed by atoms with Crippen LogP contribution in [0.2, 0.25) is 0 Å². The van der Waals surface area contributed by atoms with E-state index in [2.05, 4.69) is 0 Å². The number of hydrogen-bond acceptors (Lipinski definition) is 3. The van der Waals surface area contributed by atoms with Crippen molar-refractivity contribution in [2.45, 2.75) is 32.6 Å². The Balaban J connectivity index is 0.00000196. The molecule has 1 aromatic carbocycles. The molecule has 0 heterocycles. The Bertz CT molecular complexity index is 452. The predicted octanol–water partition coefficient (Wildman–Crippen LogP) is -1.17. The fourth-order valence-corrected chi connectivity index (χ4v) is 2.63. The van der Waals surface area contributed by atoms with E-state index >= 15 is 0 Å². The summed E-state index contributed by atoms with van der Waals surface area (Å²) in [6.07, 6.45) is 0. The minimum Gasteiger partial charge on any atom is -0.744 e. The third-order valence-corrected chi connectivity index (χ3v) is 3.66. The molecule has 0 saturated carbocycles. The Labute approximate surface area is 113 Å². The zero-order chi connectivity index (χ0) is 11.1. The van der Waals surface area contributed by atoms with Gasteiger partial charge in [-0.1, -0.05) is 6.07 Å². The molecule has 78 valence electrons. The van der Waals surface area contributed by atoms with Crippen LogP contribution < -0.4 is 29.6 Å². The maximum Gasteiger partial charge on any atom is 1.00 e. The first-order valence-electron chi connectivity index (χ1n) is 4.28. The van der Waals surface area contributed by atoms with Crippen molar-refractivity contribution < 1.29 is 42.5 Å². The van der Waals surface area contributed by atoms with Gasteiger partial charge in [0, 0.05) is 0 Å². The summed E-state index contributed by atoms with van der Waals surface area (Å²) in [7, 11) is -4.36. The molecule has 0 atom stereocenters. The quantitative estimate of drug-likeness (QED) is 0.456. The van der Waals surface area contributed by atoms with Crippen LogP contribution in [0.3, 0.4) is 0 Å². The van der Waals surface area contributed by atoms with Crippen molar-refractivity contribution in [2.24, 2.45) is 0 Å². The van der Waals surface area contributed by atoms with Crippen molar-refractivity contribution in [1.82, 2.24) is 0 Å². The fraction of sp³-hybridized carbons (Fsp3) is 0.400. The Morgan fingerprint density at radius 1 is 1.00 bits per heavy atom. The summed E-state index contributed by atoms with van der Waals surface area (Å²) < 4.78 is 33.1. The van der Waals surface area contributed by atoms with E-state index in [4.69, 9.17) is 0 Å². The van der Waals surface area contributed by atoms with Crippen LogP contribution >= 0.6 is 0 Å². The summed E-state index contributed by atoms with van der Waals surface area (Å²) in [6.45, 7) is 6.92. The van der Waals surface area contributed by atoms with Crippen molar-refractivity contribution in [1.29, 1.82) is 0 Å². The SMILES string of the molecule is Cc1cc(C)c(C)c(S(=O)(=O)[O-])c1C.[Na+]. The van der Waals surface area contributed by atoms with Crippen molar-refractivity contribution in [3.8, 4) is 0 Å². The third kappa shape index (κ3) is 3.04. The average molecular weight is 236 g/mol. The molecule has 0 aromatic heterocycles. The first-order chi connectivity index (χ1) is 6.25. The molecule has 0 aliphatic heterocycles. The molecule has 0 bridgehead atoms. The normalized spacial score (nSPS) is 11.0. The van der Waals surface area contributed by atoms with Gasteiger partial charge in [-0.2, -0.15) is 0 Å². The maximum absolute atomic E-state index is 11.0. The topological polar surface area (TPSA) is 57.2 Å². The van der Waals surface area contributed by atoms with Gasteiger partial charge in [-0.15, -0.1) is 0 Å². The Morgan fingerprint density at radius 2 is 1.33 bits per heavy atom. The minimum absolute atomic E-state index is 0. The number of benzene rings is 1. The van der Waals surface area contributed by atoms with Gasteiger partial charge in [0.05, 0.1) is 4.90 Å². The number of hydrogen-bond donors (Lipinski definition) is 0. The standard InChI is InChI=1S/C10H14O3S.Na/c1-6-5-7(2)9(4)10(8(6)3)14(11,12)13;/h5H,1-4H3,(H,11,12,13);/q;+1/p-1. The molecule has 0 N–H and O–H groups in total. The maximum atomic E-state index is 11.0. The van der Waals surface area contributed by atoms with E-state index in [0.717, 1.165) is 11.1 Å². The zero-order valence-electron chi connectivity index (χ0n) is 9.71. The van der Waals surface area contributed by atoms with Gasteiger partial charge in [0.2, 0.25) is 0 Å². The molecule has 15 heavy (non-hydrogen) atoms. The van der Waals surface area contributed by atoms with Gasteiger partial charge >= 0.3 is 29.6 Å². The molecule has 0 aliphatic rings. The smallest absolute Gasteiger partial charge is 0.744 e. The van der Waals surface area contributed by atoms with E-state index in [0.29, 0.717) is 11.1 Å². The van der Waals surface area contributed by atoms with Crippen molar-refractivity contribution in [3.05, 3.63) is 28.3 Å².